The molecular weight excluding hydrogens is 511 g/mol. The van der Waals surface area contributed by atoms with E-state index < -0.39 is 35.7 Å². The van der Waals surface area contributed by atoms with Crippen molar-refractivity contribution in [2.75, 3.05) is 7.11 Å². The van der Waals surface area contributed by atoms with Crippen LogP contribution in [0.25, 0.3) is 0 Å². The zero-order valence-corrected chi connectivity index (χ0v) is 21.6. The Hall–Kier alpha value is -2.54. The molecule has 2 aromatic rings. The summed E-state index contributed by atoms with van der Waals surface area (Å²) in [7, 11) is 1.27. The fraction of sp³-hybridized carbons (Fsp3) is 0.375. The van der Waals surface area contributed by atoms with Crippen LogP contribution in [0.2, 0.25) is 10.3 Å². The van der Waals surface area contributed by atoms with E-state index in [1.807, 2.05) is 42.5 Å². The van der Waals surface area contributed by atoms with Crippen LogP contribution >= 0.6 is 11.6 Å². The number of ether oxygens (including phenoxy) is 2. The van der Waals surface area contributed by atoms with Gasteiger partial charge in [-0.15, -0.1) is 0 Å². The molecule has 0 spiro atoms. The quantitative estimate of drug-likeness (QED) is 0.378. The summed E-state index contributed by atoms with van der Waals surface area (Å²) in [5.74, 6) is -1.05. The second kappa shape index (κ2) is 12.6. The van der Waals surface area contributed by atoms with E-state index in [0.29, 0.717) is 10.3 Å². The van der Waals surface area contributed by atoms with Crippen LogP contribution in [0.3, 0.4) is 0 Å². The van der Waals surface area contributed by atoms with E-state index >= 15 is 0 Å². The molecule has 178 valence electrons. The Kier molecular flexibility index (Phi) is 10.2. The normalized spacial score (nSPS) is 12.9. The molecule has 0 radical (unpaired) electrons. The Balaban J connectivity index is 2.15. The number of benzene rings is 2. The van der Waals surface area contributed by atoms with Gasteiger partial charge in [0.05, 0.1) is 0 Å². The second-order valence-corrected chi connectivity index (χ2v) is 11.0. The first-order chi connectivity index (χ1) is 15.6. The van der Waals surface area contributed by atoms with Gasteiger partial charge < -0.3 is 0 Å². The van der Waals surface area contributed by atoms with Gasteiger partial charge in [-0.25, -0.2) is 0 Å². The van der Waals surface area contributed by atoms with Gasteiger partial charge >= 0.3 is 206 Å². The molecule has 0 aliphatic carbocycles. The molecule has 0 saturated carbocycles. The first-order valence-corrected chi connectivity index (χ1v) is 12.8. The van der Waals surface area contributed by atoms with Gasteiger partial charge in [0, 0.05) is 0 Å². The summed E-state index contributed by atoms with van der Waals surface area (Å²) >= 11 is 5.81. The van der Waals surface area contributed by atoms with E-state index in [9.17, 15) is 14.4 Å². The number of rotatable bonds is 9. The SMILES string of the molecule is COC(=O)[C@H](Cc1ccccc1)NC(=O)[C@H](C[Se]c1ccc(Cl)cc1)NC(=O)OC(C)(C)C. The Morgan fingerprint density at radius 3 is 2.18 bits per heavy atom. The molecule has 0 fully saturated rings. The Bertz CT molecular complexity index is 932. The number of amides is 2. The molecule has 0 unspecified atom stereocenters. The molecule has 9 heteroatoms. The van der Waals surface area contributed by atoms with E-state index in [1.54, 1.807) is 32.9 Å². The summed E-state index contributed by atoms with van der Waals surface area (Å²) in [4.78, 5) is 37.9. The van der Waals surface area contributed by atoms with Crippen molar-refractivity contribution < 1.29 is 23.9 Å². The third-order valence-electron chi connectivity index (χ3n) is 4.32. The van der Waals surface area contributed by atoms with Crippen molar-refractivity contribution in [3.05, 3.63) is 65.2 Å². The molecule has 2 aromatic carbocycles. The number of alkyl carbamates (subject to hydrolysis) is 1. The Morgan fingerprint density at radius 2 is 1.61 bits per heavy atom. The van der Waals surface area contributed by atoms with Gasteiger partial charge in [-0.1, -0.05) is 0 Å². The molecule has 0 aliphatic rings. The van der Waals surface area contributed by atoms with Crippen LogP contribution in [0.15, 0.2) is 54.6 Å². The first kappa shape index (κ1) is 26.7. The van der Waals surface area contributed by atoms with Crippen molar-refractivity contribution in [1.29, 1.82) is 0 Å². The summed E-state index contributed by atoms with van der Waals surface area (Å²) in [5, 5.41) is 6.36. The summed E-state index contributed by atoms with van der Waals surface area (Å²) < 4.78 is 11.2. The number of carbonyl (C=O) groups excluding carboxylic acids is 3. The molecule has 33 heavy (non-hydrogen) atoms. The maximum absolute atomic E-state index is 13.1. The van der Waals surface area contributed by atoms with Crippen LogP contribution in [0.1, 0.15) is 26.3 Å². The van der Waals surface area contributed by atoms with Gasteiger partial charge in [0.15, 0.2) is 0 Å². The topological polar surface area (TPSA) is 93.7 Å². The number of halogens is 1. The third kappa shape index (κ3) is 9.86. The second-order valence-electron chi connectivity index (χ2n) is 8.24. The fourth-order valence-corrected chi connectivity index (χ4v) is 4.86. The van der Waals surface area contributed by atoms with Crippen LogP contribution in [-0.2, 0) is 25.5 Å². The molecule has 0 aliphatic heterocycles. The molecule has 2 amide bonds. The van der Waals surface area contributed by atoms with E-state index in [2.05, 4.69) is 10.6 Å². The zero-order chi connectivity index (χ0) is 24.4. The molecule has 0 aromatic heterocycles. The summed E-state index contributed by atoms with van der Waals surface area (Å²) in [6, 6.07) is 14.9. The van der Waals surface area contributed by atoms with Gasteiger partial charge in [0.2, 0.25) is 0 Å². The van der Waals surface area contributed by atoms with Crippen LogP contribution in [0.5, 0.6) is 0 Å². The number of methoxy groups -OCH3 is 1. The predicted molar refractivity (Wildman–Crippen MR) is 129 cm³/mol. The van der Waals surface area contributed by atoms with Crippen molar-refractivity contribution >= 4 is 49.0 Å². The summed E-state index contributed by atoms with van der Waals surface area (Å²) in [6.07, 6.45) is -0.437. The maximum atomic E-state index is 13.1. The zero-order valence-electron chi connectivity index (χ0n) is 19.1. The van der Waals surface area contributed by atoms with Gasteiger partial charge in [0.25, 0.3) is 0 Å². The molecule has 2 atom stereocenters. The van der Waals surface area contributed by atoms with Crippen molar-refractivity contribution in [1.82, 2.24) is 10.6 Å². The molecule has 7 nitrogen and oxygen atoms in total. The van der Waals surface area contributed by atoms with Crippen molar-refractivity contribution in [3.8, 4) is 0 Å². The minimum atomic E-state index is -0.893. The standard InChI is InChI=1S/C24H29ClN2O5Se/c1-24(2,3)32-23(30)27-20(15-33-18-12-10-17(25)11-13-18)21(28)26-19(22(29)31-4)14-16-8-6-5-7-9-16/h5-13,19-20H,14-15H2,1-4H3,(H,26,28)(H,27,30)/t19-,20-/m0/s1. The van der Waals surface area contributed by atoms with Gasteiger partial charge in [-0.3, -0.25) is 0 Å². The minimum absolute atomic E-state index is 0.137. The molecule has 0 heterocycles. The Morgan fingerprint density at radius 1 is 0.970 bits per heavy atom. The number of hydrogen-bond acceptors (Lipinski definition) is 5. The van der Waals surface area contributed by atoms with Gasteiger partial charge in [-0.2, -0.15) is 0 Å². The average molecular weight is 540 g/mol. The van der Waals surface area contributed by atoms with E-state index in [0.717, 1.165) is 10.0 Å². The van der Waals surface area contributed by atoms with Crippen LogP contribution < -0.4 is 15.1 Å². The fourth-order valence-electron chi connectivity index (χ4n) is 2.80. The van der Waals surface area contributed by atoms with Crippen molar-refractivity contribution in [2.45, 2.75) is 50.2 Å². The molecular formula is C24H29ClN2O5Se. The Labute approximate surface area is 205 Å². The molecule has 0 bridgehead atoms. The number of hydrogen-bond donors (Lipinski definition) is 2. The first-order valence-electron chi connectivity index (χ1n) is 10.4. The number of nitrogens with one attached hydrogen (secondary N) is 2. The predicted octanol–water partition coefficient (Wildman–Crippen LogP) is 2.88. The van der Waals surface area contributed by atoms with E-state index in [1.165, 1.54) is 7.11 Å². The number of carbonyl (C=O) groups is 3. The van der Waals surface area contributed by atoms with Gasteiger partial charge in [-0.05, 0) is 0 Å². The van der Waals surface area contributed by atoms with E-state index in [4.69, 9.17) is 21.1 Å². The van der Waals surface area contributed by atoms with Crippen LogP contribution in [0, 0.1) is 0 Å². The van der Waals surface area contributed by atoms with Crippen molar-refractivity contribution in [3.63, 3.8) is 0 Å². The van der Waals surface area contributed by atoms with E-state index in [-0.39, 0.29) is 21.4 Å². The molecule has 0 saturated heterocycles. The van der Waals surface area contributed by atoms with Crippen LogP contribution in [-0.4, -0.2) is 57.7 Å². The third-order valence-corrected chi connectivity index (χ3v) is 6.89. The summed E-state index contributed by atoms with van der Waals surface area (Å²) in [5.41, 5.74) is 0.157. The monoisotopic (exact) mass is 540 g/mol. The van der Waals surface area contributed by atoms with Crippen molar-refractivity contribution in [2.24, 2.45) is 0 Å². The van der Waals surface area contributed by atoms with Gasteiger partial charge in [0.1, 0.15) is 0 Å². The number of esters is 1. The molecule has 2 rings (SSSR count). The average Bonchev–Trinajstić information content (AvgIpc) is 2.76. The molecule has 2 N–H and O–H groups in total. The van der Waals surface area contributed by atoms with Crippen LogP contribution in [0.4, 0.5) is 4.79 Å². The summed E-state index contributed by atoms with van der Waals surface area (Å²) in [6.45, 7) is 5.23.